The Hall–Kier alpha value is -0.840. The van der Waals surface area contributed by atoms with Crippen LogP contribution in [0.25, 0.3) is 0 Å². The van der Waals surface area contributed by atoms with E-state index in [1.807, 2.05) is 19.1 Å². The van der Waals surface area contributed by atoms with Gasteiger partial charge >= 0.3 is 0 Å². The predicted octanol–water partition coefficient (Wildman–Crippen LogP) is 1.72. The molecule has 6 heteroatoms. The Morgan fingerprint density at radius 3 is 2.89 bits per heavy atom. The normalized spacial score (nSPS) is 17.5. The Morgan fingerprint density at radius 2 is 2.28 bits per heavy atom. The zero-order valence-corrected chi connectivity index (χ0v) is 11.9. The van der Waals surface area contributed by atoms with Crippen molar-refractivity contribution in [1.29, 1.82) is 0 Å². The topological polar surface area (TPSA) is 54.0 Å². The second-order valence-corrected chi connectivity index (χ2v) is 4.17. The Bertz CT molecular complexity index is 381. The molecule has 1 aromatic rings. The first-order valence-corrected chi connectivity index (χ1v) is 5.71. The number of nitrogens with one attached hydrogen (secondary N) is 2. The van der Waals surface area contributed by atoms with Crippen LogP contribution < -0.4 is 10.6 Å². The molecule has 1 saturated heterocycles. The summed E-state index contributed by atoms with van der Waals surface area (Å²) in [5, 5.41) is 6.24. The van der Waals surface area contributed by atoms with Gasteiger partial charge < -0.3 is 10.6 Å². The molecule has 18 heavy (non-hydrogen) atoms. The second kappa shape index (κ2) is 8.29. The van der Waals surface area contributed by atoms with Crippen LogP contribution in [0.4, 0.5) is 0 Å². The maximum absolute atomic E-state index is 11.8. The number of carbonyl (C=O) groups is 1. The number of pyridine rings is 1. The molecule has 1 aromatic heterocycles. The maximum atomic E-state index is 11.8. The van der Waals surface area contributed by atoms with E-state index in [0.29, 0.717) is 18.3 Å². The van der Waals surface area contributed by atoms with E-state index >= 15 is 0 Å². The molecule has 0 spiro atoms. The number of hydrogen-bond acceptors (Lipinski definition) is 3. The minimum atomic E-state index is -0.0857. The van der Waals surface area contributed by atoms with E-state index < -0.39 is 0 Å². The zero-order valence-electron chi connectivity index (χ0n) is 10.3. The fraction of sp³-hybridized carbons (Fsp3) is 0.500. The molecule has 1 fully saturated rings. The van der Waals surface area contributed by atoms with Crippen LogP contribution in [0.5, 0.6) is 0 Å². The summed E-state index contributed by atoms with van der Waals surface area (Å²) in [5.74, 6) is -0.0857. The highest BCUT2D eigenvalue weighted by atomic mass is 35.5. The molecule has 0 aromatic carbocycles. The fourth-order valence-electron chi connectivity index (χ4n) is 1.91. The molecule has 2 heterocycles. The number of rotatable bonds is 3. The smallest absolute Gasteiger partial charge is 0.269 e. The van der Waals surface area contributed by atoms with Gasteiger partial charge in [-0.1, -0.05) is 6.07 Å². The van der Waals surface area contributed by atoms with Crippen molar-refractivity contribution in [2.24, 2.45) is 0 Å². The van der Waals surface area contributed by atoms with Gasteiger partial charge in [-0.15, -0.1) is 24.8 Å². The number of amides is 1. The average molecular weight is 292 g/mol. The lowest BCUT2D eigenvalue weighted by molar-refractivity contribution is 0.0945. The van der Waals surface area contributed by atoms with Crippen molar-refractivity contribution in [3.8, 4) is 0 Å². The lowest BCUT2D eigenvalue weighted by Crippen LogP contribution is -2.37. The summed E-state index contributed by atoms with van der Waals surface area (Å²) in [4.78, 5) is 15.9. The van der Waals surface area contributed by atoms with Crippen molar-refractivity contribution >= 4 is 30.7 Å². The quantitative estimate of drug-likeness (QED) is 0.892. The number of halogens is 2. The van der Waals surface area contributed by atoms with Crippen LogP contribution in [-0.2, 0) is 0 Å². The van der Waals surface area contributed by atoms with Crippen molar-refractivity contribution in [2.75, 3.05) is 13.1 Å². The molecule has 102 valence electrons. The van der Waals surface area contributed by atoms with Crippen molar-refractivity contribution in [3.63, 3.8) is 0 Å². The largest absolute Gasteiger partial charge is 0.349 e. The van der Waals surface area contributed by atoms with E-state index in [1.54, 1.807) is 6.07 Å². The van der Waals surface area contributed by atoms with Crippen LogP contribution in [0.15, 0.2) is 18.2 Å². The summed E-state index contributed by atoms with van der Waals surface area (Å²) >= 11 is 0. The van der Waals surface area contributed by atoms with Gasteiger partial charge in [0.25, 0.3) is 5.91 Å². The number of aromatic nitrogens is 1. The molecule has 1 aliphatic heterocycles. The summed E-state index contributed by atoms with van der Waals surface area (Å²) in [6.45, 7) is 3.63. The number of carbonyl (C=O) groups excluding carboxylic acids is 1. The van der Waals surface area contributed by atoms with Crippen molar-refractivity contribution in [2.45, 2.75) is 25.8 Å². The maximum Gasteiger partial charge on any atom is 0.269 e. The molecule has 1 aliphatic rings. The summed E-state index contributed by atoms with van der Waals surface area (Å²) in [7, 11) is 0. The Morgan fingerprint density at radius 1 is 1.50 bits per heavy atom. The third kappa shape index (κ3) is 4.80. The molecular weight excluding hydrogens is 273 g/mol. The molecule has 0 bridgehead atoms. The highest BCUT2D eigenvalue weighted by Crippen LogP contribution is 2.04. The van der Waals surface area contributed by atoms with E-state index in [4.69, 9.17) is 0 Å². The molecule has 1 atom stereocenters. The van der Waals surface area contributed by atoms with Crippen molar-refractivity contribution < 1.29 is 4.79 Å². The van der Waals surface area contributed by atoms with Gasteiger partial charge in [0.2, 0.25) is 0 Å². The van der Waals surface area contributed by atoms with Gasteiger partial charge in [-0.05, 0) is 38.4 Å². The van der Waals surface area contributed by atoms with Crippen LogP contribution in [0.2, 0.25) is 0 Å². The van der Waals surface area contributed by atoms with Gasteiger partial charge in [-0.2, -0.15) is 0 Å². The van der Waals surface area contributed by atoms with Gasteiger partial charge in [0.15, 0.2) is 0 Å². The molecular formula is C12H19Cl2N3O. The van der Waals surface area contributed by atoms with Crippen LogP contribution in [0.1, 0.15) is 29.0 Å². The molecule has 1 unspecified atom stereocenters. The third-order valence-corrected chi connectivity index (χ3v) is 2.79. The minimum Gasteiger partial charge on any atom is -0.349 e. The number of aryl methyl sites for hydroxylation is 1. The van der Waals surface area contributed by atoms with Gasteiger partial charge in [-0.25, -0.2) is 4.98 Å². The van der Waals surface area contributed by atoms with E-state index in [-0.39, 0.29) is 30.7 Å². The van der Waals surface area contributed by atoms with Gasteiger partial charge in [0, 0.05) is 18.3 Å². The molecule has 1 amide bonds. The van der Waals surface area contributed by atoms with Crippen LogP contribution in [0.3, 0.4) is 0 Å². The molecule has 0 saturated carbocycles. The first kappa shape index (κ1) is 17.2. The van der Waals surface area contributed by atoms with Gasteiger partial charge in [0.05, 0.1) is 0 Å². The van der Waals surface area contributed by atoms with Crippen LogP contribution >= 0.6 is 24.8 Å². The molecule has 4 nitrogen and oxygen atoms in total. The molecule has 0 radical (unpaired) electrons. The van der Waals surface area contributed by atoms with Crippen LogP contribution in [-0.4, -0.2) is 30.0 Å². The second-order valence-electron chi connectivity index (χ2n) is 4.17. The predicted molar refractivity (Wildman–Crippen MR) is 76.8 cm³/mol. The highest BCUT2D eigenvalue weighted by molar-refractivity contribution is 5.92. The Balaban J connectivity index is 0.00000144. The monoisotopic (exact) mass is 291 g/mol. The first-order valence-electron chi connectivity index (χ1n) is 5.71. The Labute approximate surface area is 120 Å². The summed E-state index contributed by atoms with van der Waals surface area (Å²) < 4.78 is 0. The lowest BCUT2D eigenvalue weighted by Gasteiger charge is -2.11. The van der Waals surface area contributed by atoms with Crippen LogP contribution in [0, 0.1) is 6.92 Å². The van der Waals surface area contributed by atoms with Crippen molar-refractivity contribution in [3.05, 3.63) is 29.6 Å². The molecule has 2 N–H and O–H groups in total. The summed E-state index contributed by atoms with van der Waals surface area (Å²) in [6.07, 6.45) is 2.34. The lowest BCUT2D eigenvalue weighted by atomic mass is 10.2. The van der Waals surface area contributed by atoms with E-state index in [9.17, 15) is 4.79 Å². The Kier molecular flexibility index (Phi) is 7.91. The zero-order chi connectivity index (χ0) is 11.4. The minimum absolute atomic E-state index is 0. The standard InChI is InChI=1S/C12H17N3O.2ClH/c1-9-4-2-6-11(15-9)12(16)14-8-10-5-3-7-13-10;;/h2,4,6,10,13H,3,5,7-8H2,1H3,(H,14,16);2*1H. The van der Waals surface area contributed by atoms with Gasteiger partial charge in [-0.3, -0.25) is 4.79 Å². The van der Waals surface area contributed by atoms with E-state index in [0.717, 1.165) is 18.7 Å². The van der Waals surface area contributed by atoms with Crippen molar-refractivity contribution in [1.82, 2.24) is 15.6 Å². The van der Waals surface area contributed by atoms with E-state index in [2.05, 4.69) is 15.6 Å². The molecule has 0 aliphatic carbocycles. The number of nitrogens with zero attached hydrogens (tertiary/aromatic N) is 1. The number of hydrogen-bond donors (Lipinski definition) is 2. The molecule has 2 rings (SSSR count). The first-order chi connectivity index (χ1) is 7.75. The average Bonchev–Trinajstić information content (AvgIpc) is 2.78. The summed E-state index contributed by atoms with van der Waals surface area (Å²) in [5.41, 5.74) is 1.37. The fourth-order valence-corrected chi connectivity index (χ4v) is 1.91. The SMILES string of the molecule is Cc1cccc(C(=O)NCC2CCCN2)n1.Cl.Cl. The van der Waals surface area contributed by atoms with Gasteiger partial charge in [0.1, 0.15) is 5.69 Å². The summed E-state index contributed by atoms with van der Waals surface area (Å²) in [6, 6.07) is 5.90. The van der Waals surface area contributed by atoms with E-state index in [1.165, 1.54) is 6.42 Å². The highest BCUT2D eigenvalue weighted by Gasteiger charge is 2.15. The third-order valence-electron chi connectivity index (χ3n) is 2.79.